The smallest absolute Gasteiger partial charge is 0.132 e. The van der Waals surface area contributed by atoms with Gasteiger partial charge < -0.3 is 0 Å². The summed E-state index contributed by atoms with van der Waals surface area (Å²) in [5.74, 6) is 0.751. The van der Waals surface area contributed by atoms with Gasteiger partial charge in [-0.1, -0.05) is 13.8 Å². The lowest BCUT2D eigenvalue weighted by molar-refractivity contribution is 0.629. The van der Waals surface area contributed by atoms with Gasteiger partial charge in [-0.3, -0.25) is 0 Å². The van der Waals surface area contributed by atoms with E-state index < -0.39 is 0 Å². The molecule has 15 heavy (non-hydrogen) atoms. The second kappa shape index (κ2) is 3.85. The molecule has 1 aromatic heterocycles. The van der Waals surface area contributed by atoms with E-state index in [2.05, 4.69) is 25.9 Å². The quantitative estimate of drug-likeness (QED) is 0.738. The second-order valence-corrected chi connectivity index (χ2v) is 4.44. The molecule has 2 aromatic rings. The summed E-state index contributed by atoms with van der Waals surface area (Å²) < 4.78 is 13.6. The molecule has 0 spiro atoms. The Balaban J connectivity index is 2.73. The fourth-order valence-electron chi connectivity index (χ4n) is 1.34. The molecule has 0 aliphatic carbocycles. The average molecular weight is 269 g/mol. The summed E-state index contributed by atoms with van der Waals surface area (Å²) in [6.45, 7) is 4.05. The first kappa shape index (κ1) is 10.5. The number of hydrogen-bond donors (Lipinski definition) is 0. The summed E-state index contributed by atoms with van der Waals surface area (Å²) >= 11 is 3.33. The Hall–Kier alpha value is -1.03. The van der Waals surface area contributed by atoms with Crippen LogP contribution in [0.3, 0.4) is 0 Å². The van der Waals surface area contributed by atoms with Crippen molar-refractivity contribution in [2.24, 2.45) is 0 Å². The van der Waals surface area contributed by atoms with Gasteiger partial charge in [0.2, 0.25) is 0 Å². The number of aromatic nitrogens is 2. The van der Waals surface area contributed by atoms with E-state index in [0.29, 0.717) is 9.99 Å². The van der Waals surface area contributed by atoms with Crippen LogP contribution in [-0.4, -0.2) is 9.97 Å². The molecule has 2 rings (SSSR count). The molecule has 0 radical (unpaired) electrons. The van der Waals surface area contributed by atoms with Gasteiger partial charge >= 0.3 is 0 Å². The third-order valence-corrected chi connectivity index (χ3v) is 2.75. The Labute approximate surface area is 95.7 Å². The summed E-state index contributed by atoms with van der Waals surface area (Å²) in [4.78, 5) is 8.65. The number of benzene rings is 1. The molecule has 4 heteroatoms. The van der Waals surface area contributed by atoms with E-state index in [4.69, 9.17) is 0 Å². The van der Waals surface area contributed by atoms with Gasteiger partial charge in [-0.2, -0.15) is 0 Å². The average Bonchev–Trinajstić information content (AvgIpc) is 2.18. The van der Waals surface area contributed by atoms with Gasteiger partial charge in [-0.25, -0.2) is 14.4 Å². The Morgan fingerprint density at radius 2 is 2.00 bits per heavy atom. The lowest BCUT2D eigenvalue weighted by atomic mass is 10.2. The largest absolute Gasteiger partial charge is 0.233 e. The third-order valence-electron chi connectivity index (χ3n) is 2.14. The molecule has 0 unspecified atom stereocenters. The minimum Gasteiger partial charge on any atom is -0.233 e. The molecule has 0 amide bonds. The van der Waals surface area contributed by atoms with Crippen LogP contribution in [0.1, 0.15) is 25.6 Å². The number of hydrogen-bond acceptors (Lipinski definition) is 2. The minimum atomic E-state index is -0.274. The maximum atomic E-state index is 13.0. The van der Waals surface area contributed by atoms with E-state index in [-0.39, 0.29) is 11.7 Å². The summed E-state index contributed by atoms with van der Waals surface area (Å²) in [5.41, 5.74) is 0.766. The van der Waals surface area contributed by atoms with Crippen molar-refractivity contribution in [2.45, 2.75) is 19.8 Å². The third kappa shape index (κ3) is 2.00. The molecule has 0 aliphatic heterocycles. The molecule has 0 saturated carbocycles. The Morgan fingerprint density at radius 1 is 1.27 bits per heavy atom. The molecule has 0 N–H and O–H groups in total. The van der Waals surface area contributed by atoms with Crippen LogP contribution < -0.4 is 0 Å². The first-order valence-electron chi connectivity index (χ1n) is 4.70. The van der Waals surface area contributed by atoms with E-state index in [9.17, 15) is 4.39 Å². The highest BCUT2D eigenvalue weighted by Crippen LogP contribution is 2.23. The van der Waals surface area contributed by atoms with Crippen molar-refractivity contribution < 1.29 is 4.39 Å². The fraction of sp³-hybridized carbons (Fsp3) is 0.273. The van der Waals surface area contributed by atoms with Gasteiger partial charge in [-0.15, -0.1) is 0 Å². The molecule has 0 saturated heterocycles. The van der Waals surface area contributed by atoms with Crippen LogP contribution in [-0.2, 0) is 0 Å². The molecule has 1 heterocycles. The molecule has 1 aromatic carbocycles. The first-order chi connectivity index (χ1) is 7.08. The molecule has 0 bridgehead atoms. The zero-order chi connectivity index (χ0) is 11.0. The van der Waals surface area contributed by atoms with Crippen molar-refractivity contribution >= 4 is 26.8 Å². The zero-order valence-corrected chi connectivity index (χ0v) is 10.0. The van der Waals surface area contributed by atoms with Crippen LogP contribution >= 0.6 is 15.9 Å². The van der Waals surface area contributed by atoms with Crippen molar-refractivity contribution in [2.75, 3.05) is 0 Å². The summed E-state index contributed by atoms with van der Waals surface area (Å²) in [7, 11) is 0. The zero-order valence-electron chi connectivity index (χ0n) is 8.46. The van der Waals surface area contributed by atoms with Crippen molar-refractivity contribution in [3.63, 3.8) is 0 Å². The number of nitrogens with zero attached hydrogens (tertiary/aromatic N) is 2. The van der Waals surface area contributed by atoms with Crippen LogP contribution in [0.4, 0.5) is 4.39 Å². The summed E-state index contributed by atoms with van der Waals surface area (Å²) in [5, 5.41) is 0.708. The van der Waals surface area contributed by atoms with E-state index in [0.717, 1.165) is 11.3 Å². The molecule has 0 fully saturated rings. The molecule has 0 atom stereocenters. The van der Waals surface area contributed by atoms with Crippen LogP contribution in [0, 0.1) is 5.82 Å². The van der Waals surface area contributed by atoms with Crippen molar-refractivity contribution in [3.05, 3.63) is 34.4 Å². The maximum absolute atomic E-state index is 13.0. The lowest BCUT2D eigenvalue weighted by Crippen LogP contribution is -1.98. The van der Waals surface area contributed by atoms with Gasteiger partial charge in [0.25, 0.3) is 0 Å². The van der Waals surface area contributed by atoms with Crippen molar-refractivity contribution in [1.82, 2.24) is 9.97 Å². The maximum Gasteiger partial charge on any atom is 0.132 e. The minimum absolute atomic E-state index is 0.260. The predicted octanol–water partition coefficient (Wildman–Crippen LogP) is 3.65. The van der Waals surface area contributed by atoms with E-state index in [1.807, 2.05) is 13.8 Å². The molecule has 78 valence electrons. The summed E-state index contributed by atoms with van der Waals surface area (Å²) in [6.07, 6.45) is 0. The Morgan fingerprint density at radius 3 is 2.67 bits per heavy atom. The van der Waals surface area contributed by atoms with E-state index >= 15 is 0 Å². The Kier molecular flexibility index (Phi) is 2.69. The first-order valence-corrected chi connectivity index (χ1v) is 5.50. The van der Waals surface area contributed by atoms with E-state index in [1.54, 1.807) is 6.07 Å². The lowest BCUT2D eigenvalue weighted by Gasteiger charge is -2.06. The second-order valence-electron chi connectivity index (χ2n) is 3.69. The topological polar surface area (TPSA) is 25.8 Å². The van der Waals surface area contributed by atoms with Crippen LogP contribution in [0.15, 0.2) is 22.8 Å². The highest BCUT2D eigenvalue weighted by atomic mass is 79.9. The molecular formula is C11H10BrFN2. The number of fused-ring (bicyclic) bond motifs is 1. The van der Waals surface area contributed by atoms with Crippen LogP contribution in [0.5, 0.6) is 0 Å². The SMILES string of the molecule is CC(C)c1nc(Br)c2cc(F)ccc2n1. The molecule has 0 aliphatic rings. The van der Waals surface area contributed by atoms with E-state index in [1.165, 1.54) is 12.1 Å². The van der Waals surface area contributed by atoms with Crippen LogP contribution in [0.25, 0.3) is 10.9 Å². The van der Waals surface area contributed by atoms with Crippen LogP contribution in [0.2, 0.25) is 0 Å². The van der Waals surface area contributed by atoms with Gasteiger partial charge in [0.1, 0.15) is 16.2 Å². The van der Waals surface area contributed by atoms with Crippen molar-refractivity contribution in [1.29, 1.82) is 0 Å². The standard InChI is InChI=1S/C11H10BrFN2/c1-6(2)11-14-9-4-3-7(13)5-8(9)10(12)15-11/h3-6H,1-2H3. The van der Waals surface area contributed by atoms with Crippen molar-refractivity contribution in [3.8, 4) is 0 Å². The van der Waals surface area contributed by atoms with Gasteiger partial charge in [-0.05, 0) is 34.1 Å². The van der Waals surface area contributed by atoms with Gasteiger partial charge in [0.05, 0.1) is 5.52 Å². The normalized spacial score (nSPS) is 11.3. The Bertz CT molecular complexity index is 511. The highest BCUT2D eigenvalue weighted by Gasteiger charge is 2.08. The summed E-state index contributed by atoms with van der Waals surface area (Å²) in [6, 6.07) is 4.51. The fourth-order valence-corrected chi connectivity index (χ4v) is 1.84. The van der Waals surface area contributed by atoms with Gasteiger partial charge in [0, 0.05) is 11.3 Å². The highest BCUT2D eigenvalue weighted by molar-refractivity contribution is 9.10. The molecule has 2 nitrogen and oxygen atoms in total. The van der Waals surface area contributed by atoms with Gasteiger partial charge in [0.15, 0.2) is 0 Å². The molecular weight excluding hydrogens is 259 g/mol. The number of rotatable bonds is 1. The predicted molar refractivity (Wildman–Crippen MR) is 61.3 cm³/mol. The monoisotopic (exact) mass is 268 g/mol. The number of halogens is 2.